The van der Waals surface area contributed by atoms with Crippen LogP contribution in [-0.2, 0) is 31.1 Å². The molecule has 0 aliphatic rings. The van der Waals surface area contributed by atoms with Gasteiger partial charge in [0.05, 0.1) is 19.2 Å². The monoisotopic (exact) mass is 359 g/mol. The van der Waals surface area contributed by atoms with E-state index in [1.54, 1.807) is 0 Å². The summed E-state index contributed by atoms with van der Waals surface area (Å²) >= 11 is 0. The normalized spacial score (nSPS) is 10.8. The maximum absolute atomic E-state index is 11.4. The maximum Gasteiger partial charge on any atom is 0.306 e. The predicted molar refractivity (Wildman–Crippen MR) is 91.1 cm³/mol. The number of esters is 1. The van der Waals surface area contributed by atoms with Crippen molar-refractivity contribution in [3.63, 3.8) is 0 Å². The standard InChI is InChI=1S/C15H21NO3.CH4O3S/c1-11(2)13-5-3-12(4-6-13)10-19-15(18)8-7-14(17)9-16;1-5(2,3)4/h3-6,11H,7-10,16H2,1-2H3;1H3,(H,2,3,4). The van der Waals surface area contributed by atoms with Crippen LogP contribution < -0.4 is 5.73 Å². The second-order valence-electron chi connectivity index (χ2n) is 5.53. The van der Waals surface area contributed by atoms with Crippen molar-refractivity contribution in [1.29, 1.82) is 0 Å². The van der Waals surface area contributed by atoms with Crippen LogP contribution in [0.15, 0.2) is 24.3 Å². The third kappa shape index (κ3) is 12.7. The van der Waals surface area contributed by atoms with E-state index in [-0.39, 0.29) is 37.7 Å². The third-order valence-electron chi connectivity index (χ3n) is 2.88. The minimum absolute atomic E-state index is 0.0239. The molecule has 0 radical (unpaired) electrons. The molecule has 0 saturated carbocycles. The summed E-state index contributed by atoms with van der Waals surface area (Å²) in [5, 5.41) is 0. The van der Waals surface area contributed by atoms with Crippen LogP contribution in [0, 0.1) is 0 Å². The molecule has 7 nitrogen and oxygen atoms in total. The second-order valence-corrected chi connectivity index (χ2v) is 7.00. The van der Waals surface area contributed by atoms with Gasteiger partial charge in [-0.3, -0.25) is 14.1 Å². The van der Waals surface area contributed by atoms with Gasteiger partial charge in [0.2, 0.25) is 0 Å². The quantitative estimate of drug-likeness (QED) is 0.560. The molecule has 0 fully saturated rings. The highest BCUT2D eigenvalue weighted by Gasteiger charge is 2.07. The Bertz CT molecular complexity index is 614. The van der Waals surface area contributed by atoms with Crippen molar-refractivity contribution >= 4 is 21.9 Å². The lowest BCUT2D eigenvalue weighted by Gasteiger charge is -2.07. The molecule has 1 aromatic carbocycles. The van der Waals surface area contributed by atoms with Crippen LogP contribution in [0.1, 0.15) is 43.7 Å². The van der Waals surface area contributed by atoms with Crippen LogP contribution in [0.25, 0.3) is 0 Å². The average molecular weight is 359 g/mol. The minimum atomic E-state index is -3.67. The summed E-state index contributed by atoms with van der Waals surface area (Å²) in [6.45, 7) is 4.48. The van der Waals surface area contributed by atoms with E-state index in [4.69, 9.17) is 15.0 Å². The van der Waals surface area contributed by atoms with E-state index in [1.807, 2.05) is 24.3 Å². The number of benzene rings is 1. The fourth-order valence-electron chi connectivity index (χ4n) is 1.58. The first-order valence-corrected chi connectivity index (χ1v) is 9.26. The Morgan fingerprint density at radius 1 is 1.17 bits per heavy atom. The smallest absolute Gasteiger partial charge is 0.306 e. The largest absolute Gasteiger partial charge is 0.461 e. The van der Waals surface area contributed by atoms with Crippen LogP contribution >= 0.6 is 0 Å². The predicted octanol–water partition coefficient (Wildman–Crippen LogP) is 1.67. The maximum atomic E-state index is 11.4. The van der Waals surface area contributed by atoms with Crippen molar-refractivity contribution in [2.24, 2.45) is 5.73 Å². The van der Waals surface area contributed by atoms with Gasteiger partial charge in [-0.2, -0.15) is 8.42 Å². The van der Waals surface area contributed by atoms with E-state index in [9.17, 15) is 18.0 Å². The molecule has 0 aromatic heterocycles. The molecule has 0 saturated heterocycles. The van der Waals surface area contributed by atoms with Gasteiger partial charge < -0.3 is 10.5 Å². The highest BCUT2D eigenvalue weighted by molar-refractivity contribution is 7.85. The number of ketones is 1. The minimum Gasteiger partial charge on any atom is -0.461 e. The van der Waals surface area contributed by atoms with Gasteiger partial charge in [-0.1, -0.05) is 38.1 Å². The van der Waals surface area contributed by atoms with Crippen molar-refractivity contribution in [3.05, 3.63) is 35.4 Å². The summed E-state index contributed by atoms with van der Waals surface area (Å²) in [6.07, 6.45) is 0.967. The van der Waals surface area contributed by atoms with Gasteiger partial charge in [0.15, 0.2) is 0 Å². The summed E-state index contributed by atoms with van der Waals surface area (Å²) < 4.78 is 31.0. The van der Waals surface area contributed by atoms with E-state index in [1.165, 1.54) is 5.56 Å². The van der Waals surface area contributed by atoms with E-state index in [0.29, 0.717) is 12.2 Å². The van der Waals surface area contributed by atoms with Crippen molar-refractivity contribution < 1.29 is 27.3 Å². The van der Waals surface area contributed by atoms with E-state index in [0.717, 1.165) is 5.56 Å². The Morgan fingerprint density at radius 2 is 1.67 bits per heavy atom. The molecular formula is C16H25NO6S. The number of carbonyl (C=O) groups is 2. The molecule has 0 atom stereocenters. The van der Waals surface area contributed by atoms with Gasteiger partial charge in [0, 0.05) is 6.42 Å². The number of hydrogen-bond donors (Lipinski definition) is 2. The van der Waals surface area contributed by atoms with Crippen LogP contribution in [0.3, 0.4) is 0 Å². The average Bonchev–Trinajstić information content (AvgIpc) is 2.49. The van der Waals surface area contributed by atoms with Gasteiger partial charge in [-0.15, -0.1) is 0 Å². The Hall–Kier alpha value is -1.77. The Balaban J connectivity index is 0.000000922. The van der Waals surface area contributed by atoms with Crippen LogP contribution in [0.4, 0.5) is 0 Å². The topological polar surface area (TPSA) is 124 Å². The number of ether oxygens (including phenoxy) is 1. The molecule has 3 N–H and O–H groups in total. The van der Waals surface area contributed by atoms with Gasteiger partial charge in [0.25, 0.3) is 10.1 Å². The summed E-state index contributed by atoms with van der Waals surface area (Å²) in [5.41, 5.74) is 7.36. The van der Waals surface area contributed by atoms with Crippen LogP contribution in [0.2, 0.25) is 0 Å². The van der Waals surface area contributed by atoms with E-state index in [2.05, 4.69) is 13.8 Å². The molecule has 0 bridgehead atoms. The molecule has 0 unspecified atom stereocenters. The van der Waals surface area contributed by atoms with Gasteiger partial charge in [-0.25, -0.2) is 0 Å². The van der Waals surface area contributed by atoms with Crippen molar-refractivity contribution in [3.8, 4) is 0 Å². The fraction of sp³-hybridized carbons (Fsp3) is 0.500. The summed E-state index contributed by atoms with van der Waals surface area (Å²) in [6, 6.07) is 7.97. The Labute approximate surface area is 142 Å². The zero-order chi connectivity index (χ0) is 18.8. The molecular weight excluding hydrogens is 334 g/mol. The van der Waals surface area contributed by atoms with Crippen molar-refractivity contribution in [1.82, 2.24) is 0 Å². The second kappa shape index (κ2) is 10.9. The van der Waals surface area contributed by atoms with Gasteiger partial charge in [0.1, 0.15) is 12.4 Å². The highest BCUT2D eigenvalue weighted by atomic mass is 32.2. The molecule has 0 amide bonds. The zero-order valence-electron chi connectivity index (χ0n) is 14.2. The summed E-state index contributed by atoms with van der Waals surface area (Å²) in [7, 11) is -3.67. The van der Waals surface area contributed by atoms with Crippen molar-refractivity contribution in [2.45, 2.75) is 39.2 Å². The van der Waals surface area contributed by atoms with Gasteiger partial charge >= 0.3 is 5.97 Å². The molecule has 1 aromatic rings. The first-order chi connectivity index (χ1) is 11.0. The molecule has 8 heteroatoms. The molecule has 24 heavy (non-hydrogen) atoms. The molecule has 0 spiro atoms. The molecule has 0 heterocycles. The highest BCUT2D eigenvalue weighted by Crippen LogP contribution is 2.15. The number of rotatable bonds is 7. The first kappa shape index (κ1) is 22.2. The lowest BCUT2D eigenvalue weighted by Crippen LogP contribution is -2.15. The van der Waals surface area contributed by atoms with Crippen LogP contribution in [-0.4, -0.2) is 37.5 Å². The number of nitrogens with two attached hydrogens (primary N) is 1. The number of hydrogen-bond acceptors (Lipinski definition) is 6. The van der Waals surface area contributed by atoms with Crippen LogP contribution in [0.5, 0.6) is 0 Å². The molecule has 136 valence electrons. The first-order valence-electron chi connectivity index (χ1n) is 7.41. The lowest BCUT2D eigenvalue weighted by molar-refractivity contribution is -0.146. The molecule has 1 rings (SSSR count). The molecule has 0 aliphatic carbocycles. The fourth-order valence-corrected chi connectivity index (χ4v) is 1.58. The number of carbonyl (C=O) groups excluding carboxylic acids is 2. The summed E-state index contributed by atoms with van der Waals surface area (Å²) in [4.78, 5) is 22.4. The third-order valence-corrected chi connectivity index (χ3v) is 2.88. The zero-order valence-corrected chi connectivity index (χ0v) is 15.0. The number of Topliss-reactive ketones (excluding diaryl/α,β-unsaturated/α-hetero) is 1. The van der Waals surface area contributed by atoms with E-state index < -0.39 is 10.1 Å². The Kier molecular flexibility index (Phi) is 10.1. The summed E-state index contributed by atoms with van der Waals surface area (Å²) in [5.74, 6) is -0.00755. The SMILES string of the molecule is CC(C)c1ccc(COC(=O)CCC(=O)CN)cc1.CS(=O)(=O)O. The Morgan fingerprint density at radius 3 is 2.08 bits per heavy atom. The molecule has 0 aliphatic heterocycles. The van der Waals surface area contributed by atoms with Gasteiger partial charge in [-0.05, 0) is 17.0 Å². The van der Waals surface area contributed by atoms with Crippen molar-refractivity contribution in [2.75, 3.05) is 12.8 Å². The lowest BCUT2D eigenvalue weighted by atomic mass is 10.0. The van der Waals surface area contributed by atoms with E-state index >= 15 is 0 Å².